The molecular weight excluding hydrogens is 272 g/mol. The Bertz CT molecular complexity index is 456. The number of hydrogen-bond donors (Lipinski definition) is 2. The maximum atomic E-state index is 12.1. The molecule has 2 N–H and O–H groups in total. The van der Waals surface area contributed by atoms with Crippen LogP contribution >= 0.6 is 11.6 Å². The third-order valence-corrected chi connectivity index (χ3v) is 4.49. The largest absolute Gasteiger partial charge is 0.345 e. The van der Waals surface area contributed by atoms with Gasteiger partial charge in [0.05, 0.1) is 19.1 Å². The van der Waals surface area contributed by atoms with E-state index in [1.807, 2.05) is 31.2 Å². The van der Waals surface area contributed by atoms with Crippen LogP contribution < -0.4 is 10.2 Å². The zero-order valence-corrected chi connectivity index (χ0v) is 13.0. The molecule has 0 aliphatic carbocycles. The second kappa shape index (κ2) is 7.09. The Labute approximate surface area is 126 Å². The lowest BCUT2D eigenvalue weighted by Crippen LogP contribution is -3.14. The number of carbonyl (C=O) groups is 1. The van der Waals surface area contributed by atoms with Gasteiger partial charge < -0.3 is 10.2 Å². The molecular formula is C16H24ClN2O+. The van der Waals surface area contributed by atoms with Gasteiger partial charge in [0.2, 0.25) is 0 Å². The maximum absolute atomic E-state index is 12.1. The van der Waals surface area contributed by atoms with Crippen molar-refractivity contribution in [3.8, 4) is 0 Å². The zero-order valence-electron chi connectivity index (χ0n) is 12.3. The summed E-state index contributed by atoms with van der Waals surface area (Å²) in [5.74, 6) is 0.922. The van der Waals surface area contributed by atoms with Gasteiger partial charge >= 0.3 is 0 Å². The Balaban J connectivity index is 1.84. The van der Waals surface area contributed by atoms with Gasteiger partial charge in [0.1, 0.15) is 0 Å². The van der Waals surface area contributed by atoms with Crippen molar-refractivity contribution in [2.24, 2.45) is 5.92 Å². The van der Waals surface area contributed by atoms with Crippen molar-refractivity contribution in [2.75, 3.05) is 19.6 Å². The highest BCUT2D eigenvalue weighted by Crippen LogP contribution is 2.21. The number of nitrogens with one attached hydrogen (secondary N) is 2. The number of benzene rings is 1. The highest BCUT2D eigenvalue weighted by Gasteiger charge is 2.22. The number of hydrogen-bond acceptors (Lipinski definition) is 1. The second-order valence-corrected chi connectivity index (χ2v) is 6.33. The summed E-state index contributed by atoms with van der Waals surface area (Å²) >= 11 is 6.15. The second-order valence-electron chi connectivity index (χ2n) is 5.92. The molecule has 0 bridgehead atoms. The molecule has 0 unspecified atom stereocenters. The molecule has 3 nitrogen and oxygen atoms in total. The van der Waals surface area contributed by atoms with Gasteiger partial charge in [0, 0.05) is 5.02 Å². The van der Waals surface area contributed by atoms with E-state index in [0.717, 1.165) is 24.6 Å². The van der Waals surface area contributed by atoms with Crippen molar-refractivity contribution >= 4 is 17.5 Å². The Morgan fingerprint density at radius 3 is 2.70 bits per heavy atom. The van der Waals surface area contributed by atoms with E-state index in [0.29, 0.717) is 11.6 Å². The summed E-state index contributed by atoms with van der Waals surface area (Å²) in [5.41, 5.74) is 0.977. The SMILES string of the molecule is CC1CC[NH+](CC(=O)N[C@H](C)c2ccccc2Cl)CC1. The van der Waals surface area contributed by atoms with Crippen LogP contribution in [0.1, 0.15) is 38.3 Å². The summed E-state index contributed by atoms with van der Waals surface area (Å²) < 4.78 is 0. The molecule has 1 aliphatic heterocycles. The first kappa shape index (κ1) is 15.3. The van der Waals surface area contributed by atoms with Crippen LogP contribution in [-0.2, 0) is 4.79 Å². The molecule has 2 rings (SSSR count). The third-order valence-electron chi connectivity index (χ3n) is 4.14. The number of carbonyl (C=O) groups excluding carboxylic acids is 1. The van der Waals surface area contributed by atoms with Gasteiger partial charge in [-0.1, -0.05) is 36.7 Å². The summed E-state index contributed by atoms with van der Waals surface area (Å²) in [6, 6.07) is 7.62. The quantitative estimate of drug-likeness (QED) is 0.873. The molecule has 0 spiro atoms. The fourth-order valence-corrected chi connectivity index (χ4v) is 3.07. The summed E-state index contributed by atoms with van der Waals surface area (Å²) in [6.45, 7) is 7.05. The Hall–Kier alpha value is -1.06. The third kappa shape index (κ3) is 4.22. The van der Waals surface area contributed by atoms with Gasteiger partial charge in [0.25, 0.3) is 5.91 Å². The number of halogens is 1. The molecule has 1 amide bonds. The molecule has 20 heavy (non-hydrogen) atoms. The molecule has 1 aromatic carbocycles. The van der Waals surface area contributed by atoms with E-state index in [1.165, 1.54) is 17.7 Å². The number of quaternary nitrogens is 1. The first-order valence-electron chi connectivity index (χ1n) is 7.43. The van der Waals surface area contributed by atoms with Crippen LogP contribution in [0.2, 0.25) is 5.02 Å². The fraction of sp³-hybridized carbons (Fsp3) is 0.562. The van der Waals surface area contributed by atoms with Crippen molar-refractivity contribution in [1.29, 1.82) is 0 Å². The summed E-state index contributed by atoms with van der Waals surface area (Å²) in [7, 11) is 0. The molecule has 4 heteroatoms. The molecule has 0 aromatic heterocycles. The fourth-order valence-electron chi connectivity index (χ4n) is 2.77. The molecule has 1 saturated heterocycles. The first-order chi connectivity index (χ1) is 9.56. The standard InChI is InChI=1S/C16H23ClN2O/c1-12-7-9-19(10-8-12)11-16(20)18-13(2)14-5-3-4-6-15(14)17/h3-6,12-13H,7-11H2,1-2H3,(H,18,20)/p+1/t13-/m1/s1. The predicted octanol–water partition coefficient (Wildman–Crippen LogP) is 1.83. The average molecular weight is 296 g/mol. The van der Waals surface area contributed by atoms with Crippen LogP contribution in [0.3, 0.4) is 0 Å². The van der Waals surface area contributed by atoms with E-state index in [2.05, 4.69) is 12.2 Å². The molecule has 1 aliphatic rings. The Morgan fingerprint density at radius 1 is 1.40 bits per heavy atom. The van der Waals surface area contributed by atoms with E-state index in [4.69, 9.17) is 11.6 Å². The minimum Gasteiger partial charge on any atom is -0.345 e. The van der Waals surface area contributed by atoms with Crippen LogP contribution in [0.15, 0.2) is 24.3 Å². The molecule has 110 valence electrons. The first-order valence-corrected chi connectivity index (χ1v) is 7.81. The van der Waals surface area contributed by atoms with Gasteiger partial charge in [-0.15, -0.1) is 0 Å². The normalized spacial score (nSPS) is 24.1. The summed E-state index contributed by atoms with van der Waals surface area (Å²) in [5, 5.41) is 3.76. The van der Waals surface area contributed by atoms with E-state index in [9.17, 15) is 4.79 Å². The van der Waals surface area contributed by atoms with E-state index >= 15 is 0 Å². The van der Waals surface area contributed by atoms with Crippen LogP contribution in [0.5, 0.6) is 0 Å². The van der Waals surface area contributed by atoms with Gasteiger partial charge in [-0.25, -0.2) is 0 Å². The lowest BCUT2D eigenvalue weighted by atomic mass is 9.99. The predicted molar refractivity (Wildman–Crippen MR) is 82.0 cm³/mol. The number of rotatable bonds is 4. The monoisotopic (exact) mass is 295 g/mol. The Kier molecular flexibility index (Phi) is 5.44. The zero-order chi connectivity index (χ0) is 14.5. The molecule has 0 saturated carbocycles. The van der Waals surface area contributed by atoms with Crippen LogP contribution in [0, 0.1) is 5.92 Å². The van der Waals surface area contributed by atoms with Crippen LogP contribution in [0.4, 0.5) is 0 Å². The van der Waals surface area contributed by atoms with Gasteiger partial charge in [0.15, 0.2) is 6.54 Å². The van der Waals surface area contributed by atoms with Crippen molar-refractivity contribution in [3.05, 3.63) is 34.9 Å². The van der Waals surface area contributed by atoms with Crippen molar-refractivity contribution in [2.45, 2.75) is 32.7 Å². The number of piperidine rings is 1. The van der Waals surface area contributed by atoms with Crippen LogP contribution in [-0.4, -0.2) is 25.5 Å². The van der Waals surface area contributed by atoms with E-state index in [1.54, 1.807) is 0 Å². The Morgan fingerprint density at radius 2 is 2.05 bits per heavy atom. The smallest absolute Gasteiger partial charge is 0.275 e. The lowest BCUT2D eigenvalue weighted by molar-refractivity contribution is -0.898. The van der Waals surface area contributed by atoms with Crippen molar-refractivity contribution < 1.29 is 9.69 Å². The minimum atomic E-state index is -0.0423. The van der Waals surface area contributed by atoms with Gasteiger partial charge in [-0.3, -0.25) is 4.79 Å². The topological polar surface area (TPSA) is 33.5 Å². The highest BCUT2D eigenvalue weighted by molar-refractivity contribution is 6.31. The lowest BCUT2D eigenvalue weighted by Gasteiger charge is -2.27. The maximum Gasteiger partial charge on any atom is 0.275 e. The molecule has 1 atom stereocenters. The summed E-state index contributed by atoms with van der Waals surface area (Å²) in [4.78, 5) is 13.5. The van der Waals surface area contributed by atoms with Crippen molar-refractivity contribution in [3.63, 3.8) is 0 Å². The van der Waals surface area contributed by atoms with E-state index in [-0.39, 0.29) is 11.9 Å². The summed E-state index contributed by atoms with van der Waals surface area (Å²) in [6.07, 6.45) is 2.45. The van der Waals surface area contributed by atoms with Crippen LogP contribution in [0.25, 0.3) is 0 Å². The number of amides is 1. The molecule has 1 fully saturated rings. The van der Waals surface area contributed by atoms with Gasteiger partial charge in [-0.2, -0.15) is 0 Å². The van der Waals surface area contributed by atoms with Gasteiger partial charge in [-0.05, 0) is 37.3 Å². The average Bonchev–Trinajstić information content (AvgIpc) is 2.41. The molecule has 0 radical (unpaired) electrons. The minimum absolute atomic E-state index is 0.0423. The van der Waals surface area contributed by atoms with Crippen molar-refractivity contribution in [1.82, 2.24) is 5.32 Å². The number of likely N-dealkylation sites (tertiary alicyclic amines) is 1. The molecule has 1 heterocycles. The highest BCUT2D eigenvalue weighted by atomic mass is 35.5. The van der Waals surface area contributed by atoms with E-state index < -0.39 is 0 Å². The molecule has 1 aromatic rings.